The molecule has 1 aliphatic rings. The minimum atomic E-state index is -0.0513. The van der Waals surface area contributed by atoms with Gasteiger partial charge in [-0.2, -0.15) is 0 Å². The van der Waals surface area contributed by atoms with Crippen LogP contribution in [0.4, 0.5) is 0 Å². The van der Waals surface area contributed by atoms with Crippen LogP contribution in [-0.4, -0.2) is 29.8 Å². The minimum absolute atomic E-state index is 0. The van der Waals surface area contributed by atoms with Gasteiger partial charge in [0.15, 0.2) is 5.96 Å². The summed E-state index contributed by atoms with van der Waals surface area (Å²) in [6.45, 7) is 7.20. The summed E-state index contributed by atoms with van der Waals surface area (Å²) in [7, 11) is 0. The van der Waals surface area contributed by atoms with Crippen molar-refractivity contribution < 1.29 is 5.11 Å². The predicted molar refractivity (Wildman–Crippen MR) is 92.0 cm³/mol. The SMILES string of the molecule is CC(C)(C)NC(N)=NCC1(CCO)CCCCC1.I. The van der Waals surface area contributed by atoms with E-state index in [1.807, 2.05) is 0 Å². The normalized spacial score (nSPS) is 19.7. The average molecular weight is 383 g/mol. The third kappa shape index (κ3) is 7.34. The summed E-state index contributed by atoms with van der Waals surface area (Å²) < 4.78 is 0. The summed E-state index contributed by atoms with van der Waals surface area (Å²) in [4.78, 5) is 4.50. The molecule has 5 heteroatoms. The van der Waals surface area contributed by atoms with Crippen molar-refractivity contribution in [2.24, 2.45) is 16.1 Å². The van der Waals surface area contributed by atoms with Crippen LogP contribution in [0.3, 0.4) is 0 Å². The van der Waals surface area contributed by atoms with Gasteiger partial charge in [0.25, 0.3) is 0 Å². The average Bonchev–Trinajstić information content (AvgIpc) is 2.26. The Morgan fingerprint density at radius 3 is 2.32 bits per heavy atom. The van der Waals surface area contributed by atoms with Crippen LogP contribution in [-0.2, 0) is 0 Å². The standard InChI is InChI=1S/C14H29N3O.HI/c1-13(2,3)17-12(15)16-11-14(9-10-18)7-5-4-6-8-14;/h18H,4-11H2,1-3H3,(H3,15,16,17);1H. The highest BCUT2D eigenvalue weighted by Crippen LogP contribution is 2.39. The number of aliphatic imine (C=N–C) groups is 1. The second-order valence-corrected chi connectivity index (χ2v) is 6.61. The van der Waals surface area contributed by atoms with Crippen LogP contribution < -0.4 is 11.1 Å². The first-order chi connectivity index (χ1) is 8.37. The smallest absolute Gasteiger partial charge is 0.189 e. The number of nitrogens with two attached hydrogens (primary N) is 1. The van der Waals surface area contributed by atoms with Gasteiger partial charge in [-0.25, -0.2) is 0 Å². The lowest BCUT2D eigenvalue weighted by molar-refractivity contribution is 0.137. The molecule has 0 heterocycles. The third-order valence-corrected chi connectivity index (χ3v) is 3.64. The molecule has 0 aromatic carbocycles. The highest BCUT2D eigenvalue weighted by molar-refractivity contribution is 14.0. The van der Waals surface area contributed by atoms with Gasteiger partial charge >= 0.3 is 0 Å². The summed E-state index contributed by atoms with van der Waals surface area (Å²) in [5, 5.41) is 12.4. The highest BCUT2D eigenvalue weighted by Gasteiger charge is 2.31. The summed E-state index contributed by atoms with van der Waals surface area (Å²) >= 11 is 0. The number of halogens is 1. The number of aliphatic hydroxyl groups is 1. The first-order valence-corrected chi connectivity index (χ1v) is 7.06. The summed E-state index contributed by atoms with van der Waals surface area (Å²) in [5.41, 5.74) is 6.03. The maximum atomic E-state index is 9.24. The lowest BCUT2D eigenvalue weighted by atomic mass is 9.72. The molecular formula is C14H30IN3O. The second kappa shape index (κ2) is 8.29. The second-order valence-electron chi connectivity index (χ2n) is 6.61. The van der Waals surface area contributed by atoms with Crippen LogP contribution in [0, 0.1) is 5.41 Å². The molecule has 0 saturated heterocycles. The Kier molecular flexibility index (Phi) is 8.27. The van der Waals surface area contributed by atoms with E-state index < -0.39 is 0 Å². The first-order valence-electron chi connectivity index (χ1n) is 7.06. The Balaban J connectivity index is 0.00000324. The van der Waals surface area contributed by atoms with Crippen molar-refractivity contribution in [3.05, 3.63) is 0 Å². The van der Waals surface area contributed by atoms with Crippen molar-refractivity contribution in [2.45, 2.75) is 64.8 Å². The van der Waals surface area contributed by atoms with E-state index in [1.54, 1.807) is 0 Å². The largest absolute Gasteiger partial charge is 0.396 e. The zero-order valence-corrected chi connectivity index (χ0v) is 14.9. The Morgan fingerprint density at radius 2 is 1.84 bits per heavy atom. The highest BCUT2D eigenvalue weighted by atomic mass is 127. The molecule has 0 amide bonds. The fourth-order valence-corrected chi connectivity index (χ4v) is 2.70. The van der Waals surface area contributed by atoms with Crippen molar-refractivity contribution in [2.75, 3.05) is 13.2 Å². The zero-order valence-electron chi connectivity index (χ0n) is 12.5. The van der Waals surface area contributed by atoms with Gasteiger partial charge in [0, 0.05) is 18.7 Å². The van der Waals surface area contributed by atoms with E-state index in [9.17, 15) is 5.11 Å². The molecule has 1 aliphatic carbocycles. The summed E-state index contributed by atoms with van der Waals surface area (Å²) in [5.74, 6) is 0.519. The Hall–Kier alpha value is -0.0400. The van der Waals surface area contributed by atoms with Crippen LogP contribution in [0.5, 0.6) is 0 Å². The van der Waals surface area contributed by atoms with Gasteiger partial charge in [0.1, 0.15) is 0 Å². The van der Waals surface area contributed by atoms with E-state index >= 15 is 0 Å². The van der Waals surface area contributed by atoms with Crippen LogP contribution >= 0.6 is 24.0 Å². The van der Waals surface area contributed by atoms with Crippen molar-refractivity contribution in [3.8, 4) is 0 Å². The maximum Gasteiger partial charge on any atom is 0.189 e. The molecule has 0 aromatic rings. The molecule has 0 radical (unpaired) electrons. The van der Waals surface area contributed by atoms with Gasteiger partial charge in [-0.15, -0.1) is 24.0 Å². The van der Waals surface area contributed by atoms with Crippen molar-refractivity contribution in [1.82, 2.24) is 5.32 Å². The fraction of sp³-hybridized carbons (Fsp3) is 0.929. The van der Waals surface area contributed by atoms with E-state index in [2.05, 4.69) is 31.1 Å². The molecule has 114 valence electrons. The molecule has 19 heavy (non-hydrogen) atoms. The van der Waals surface area contributed by atoms with Crippen LogP contribution in [0.1, 0.15) is 59.3 Å². The minimum Gasteiger partial charge on any atom is -0.396 e. The number of nitrogens with zero attached hydrogens (tertiary/aromatic N) is 1. The third-order valence-electron chi connectivity index (χ3n) is 3.64. The number of hydrogen-bond donors (Lipinski definition) is 3. The molecule has 1 saturated carbocycles. The fourth-order valence-electron chi connectivity index (χ4n) is 2.70. The molecule has 4 N–H and O–H groups in total. The summed E-state index contributed by atoms with van der Waals surface area (Å²) in [6, 6.07) is 0. The molecule has 0 atom stereocenters. The molecule has 0 unspecified atom stereocenters. The number of rotatable bonds is 4. The predicted octanol–water partition coefficient (Wildman–Crippen LogP) is 2.64. The molecule has 1 fully saturated rings. The van der Waals surface area contributed by atoms with Crippen molar-refractivity contribution in [3.63, 3.8) is 0 Å². The van der Waals surface area contributed by atoms with Crippen LogP contribution in [0.2, 0.25) is 0 Å². The van der Waals surface area contributed by atoms with E-state index in [0.29, 0.717) is 5.96 Å². The van der Waals surface area contributed by atoms with Gasteiger partial charge in [0.05, 0.1) is 0 Å². The Labute approximate surface area is 134 Å². The molecule has 0 spiro atoms. The molecule has 0 bridgehead atoms. The number of aliphatic hydroxyl groups excluding tert-OH is 1. The van der Waals surface area contributed by atoms with Crippen LogP contribution in [0.25, 0.3) is 0 Å². The van der Waals surface area contributed by atoms with Gasteiger partial charge in [-0.3, -0.25) is 4.99 Å². The van der Waals surface area contributed by atoms with Crippen LogP contribution in [0.15, 0.2) is 4.99 Å². The zero-order chi connectivity index (χ0) is 13.6. The topological polar surface area (TPSA) is 70.6 Å². The first kappa shape index (κ1) is 19.0. The molecular weight excluding hydrogens is 353 g/mol. The number of nitrogens with one attached hydrogen (secondary N) is 1. The lowest BCUT2D eigenvalue weighted by Crippen LogP contribution is -2.45. The Bertz CT molecular complexity index is 275. The van der Waals surface area contributed by atoms with Gasteiger partial charge < -0.3 is 16.2 Å². The van der Waals surface area contributed by atoms with E-state index in [-0.39, 0.29) is 41.5 Å². The number of guanidine groups is 1. The monoisotopic (exact) mass is 383 g/mol. The Morgan fingerprint density at radius 1 is 1.26 bits per heavy atom. The molecule has 0 aromatic heterocycles. The lowest BCUT2D eigenvalue weighted by Gasteiger charge is -2.35. The summed E-state index contributed by atoms with van der Waals surface area (Å²) in [6.07, 6.45) is 7.00. The van der Waals surface area contributed by atoms with E-state index in [4.69, 9.17) is 5.73 Å². The molecule has 1 rings (SSSR count). The van der Waals surface area contributed by atoms with Crippen molar-refractivity contribution >= 4 is 29.9 Å². The van der Waals surface area contributed by atoms with Gasteiger partial charge in [0.2, 0.25) is 0 Å². The maximum absolute atomic E-state index is 9.24. The quantitative estimate of drug-likeness (QED) is 0.397. The van der Waals surface area contributed by atoms with Gasteiger partial charge in [-0.05, 0) is 45.4 Å². The number of hydrogen-bond acceptors (Lipinski definition) is 2. The van der Waals surface area contributed by atoms with Gasteiger partial charge in [-0.1, -0.05) is 19.3 Å². The van der Waals surface area contributed by atoms with Crippen molar-refractivity contribution in [1.29, 1.82) is 0 Å². The molecule has 0 aliphatic heterocycles. The van der Waals surface area contributed by atoms with E-state index in [1.165, 1.54) is 32.1 Å². The van der Waals surface area contributed by atoms with E-state index in [0.717, 1.165) is 13.0 Å². The molecule has 4 nitrogen and oxygen atoms in total.